The van der Waals surface area contributed by atoms with Crippen molar-refractivity contribution in [3.63, 3.8) is 0 Å². The molecule has 0 atom stereocenters. The molecule has 3 heterocycles. The summed E-state index contributed by atoms with van der Waals surface area (Å²) in [5.74, 6) is 1.04. The number of aromatic nitrogens is 4. The molecular weight excluding hydrogens is 434 g/mol. The van der Waals surface area contributed by atoms with E-state index >= 15 is 0 Å². The lowest BCUT2D eigenvalue weighted by molar-refractivity contribution is 0.368. The van der Waals surface area contributed by atoms with Crippen molar-refractivity contribution in [1.29, 1.82) is 0 Å². The fourth-order valence-electron chi connectivity index (χ4n) is 4.44. The average Bonchev–Trinajstić information content (AvgIpc) is 3.27. The van der Waals surface area contributed by atoms with Gasteiger partial charge in [0.2, 0.25) is 0 Å². The van der Waals surface area contributed by atoms with Crippen LogP contribution in [-0.2, 0) is 16.3 Å². The summed E-state index contributed by atoms with van der Waals surface area (Å²) >= 11 is 0. The normalized spacial score (nSPS) is 15.3. The zero-order valence-electron chi connectivity index (χ0n) is 18.8. The van der Waals surface area contributed by atoms with E-state index in [2.05, 4.69) is 50.0 Å². The van der Waals surface area contributed by atoms with Crippen molar-refractivity contribution < 1.29 is 8.42 Å². The Morgan fingerprint density at radius 1 is 0.970 bits per heavy atom. The molecule has 1 saturated heterocycles. The minimum absolute atomic E-state index is 0.307. The van der Waals surface area contributed by atoms with Crippen LogP contribution >= 0.6 is 0 Å². The maximum atomic E-state index is 11.7. The number of piperidine rings is 1. The molecule has 8 heteroatoms. The van der Waals surface area contributed by atoms with Gasteiger partial charge in [-0.15, -0.1) is 5.10 Å². The van der Waals surface area contributed by atoms with E-state index < -0.39 is 9.84 Å². The first-order valence-electron chi connectivity index (χ1n) is 11.3. The lowest BCUT2D eigenvalue weighted by Crippen LogP contribution is -2.35. The Kier molecular flexibility index (Phi) is 5.62. The summed E-state index contributed by atoms with van der Waals surface area (Å²) in [5, 5.41) is 8.90. The molecule has 2 aromatic carbocycles. The third-order valence-corrected chi connectivity index (χ3v) is 7.57. The topological polar surface area (TPSA) is 81.0 Å². The Balaban J connectivity index is 1.32. The van der Waals surface area contributed by atoms with Crippen LogP contribution in [0, 0.1) is 0 Å². The van der Waals surface area contributed by atoms with E-state index in [0.29, 0.717) is 10.9 Å². The fourth-order valence-corrected chi connectivity index (χ4v) is 5.07. The van der Waals surface area contributed by atoms with E-state index in [9.17, 15) is 8.42 Å². The summed E-state index contributed by atoms with van der Waals surface area (Å²) in [6.07, 6.45) is 6.17. The Morgan fingerprint density at radius 3 is 2.33 bits per heavy atom. The van der Waals surface area contributed by atoms with Crippen LogP contribution in [0.2, 0.25) is 0 Å². The van der Waals surface area contributed by atoms with Crippen molar-refractivity contribution in [2.45, 2.75) is 37.1 Å². The quantitative estimate of drug-likeness (QED) is 0.441. The molecule has 5 rings (SSSR count). The third-order valence-electron chi connectivity index (χ3n) is 6.44. The van der Waals surface area contributed by atoms with Gasteiger partial charge in [0, 0.05) is 25.5 Å². The molecule has 1 aliphatic heterocycles. The second kappa shape index (κ2) is 8.59. The molecule has 0 radical (unpaired) electrons. The molecule has 4 aromatic rings. The minimum atomic E-state index is -3.20. The molecule has 2 aromatic heterocycles. The first-order chi connectivity index (χ1) is 15.9. The van der Waals surface area contributed by atoms with Gasteiger partial charge in [0.25, 0.3) is 0 Å². The molecule has 0 bridgehead atoms. The molecule has 7 nitrogen and oxygen atoms in total. The number of anilines is 1. The zero-order chi connectivity index (χ0) is 23.0. The predicted molar refractivity (Wildman–Crippen MR) is 130 cm³/mol. The summed E-state index contributed by atoms with van der Waals surface area (Å²) in [6.45, 7) is 4.02. The van der Waals surface area contributed by atoms with Gasteiger partial charge in [0.15, 0.2) is 9.84 Å². The van der Waals surface area contributed by atoms with Crippen molar-refractivity contribution in [2.75, 3.05) is 24.2 Å². The number of pyridine rings is 1. The van der Waals surface area contributed by atoms with Crippen molar-refractivity contribution in [3.8, 4) is 11.1 Å². The van der Waals surface area contributed by atoms with E-state index in [1.54, 1.807) is 12.1 Å². The van der Waals surface area contributed by atoms with Gasteiger partial charge in [-0.25, -0.2) is 18.1 Å². The summed E-state index contributed by atoms with van der Waals surface area (Å²) in [4.78, 5) is 7.29. The molecule has 0 spiro atoms. The van der Waals surface area contributed by atoms with Crippen LogP contribution in [-0.4, -0.2) is 47.7 Å². The second-order valence-electron chi connectivity index (χ2n) is 8.63. The van der Waals surface area contributed by atoms with E-state index in [1.807, 2.05) is 30.5 Å². The molecule has 0 N–H and O–H groups in total. The second-order valence-corrected chi connectivity index (χ2v) is 10.6. The zero-order valence-corrected chi connectivity index (χ0v) is 19.7. The number of aryl methyl sites for hydroxylation is 1. The highest BCUT2D eigenvalue weighted by atomic mass is 32.2. The molecule has 0 saturated carbocycles. The van der Waals surface area contributed by atoms with Crippen molar-refractivity contribution in [2.24, 2.45) is 0 Å². The molecule has 0 unspecified atom stereocenters. The molecule has 1 fully saturated rings. The number of hydrogen-bond donors (Lipinski definition) is 0. The van der Waals surface area contributed by atoms with E-state index in [1.165, 1.54) is 11.8 Å². The van der Waals surface area contributed by atoms with Gasteiger partial charge < -0.3 is 4.90 Å². The van der Waals surface area contributed by atoms with Gasteiger partial charge in [0.1, 0.15) is 11.3 Å². The highest BCUT2D eigenvalue weighted by Gasteiger charge is 2.24. The maximum Gasteiger partial charge on any atom is 0.175 e. The smallest absolute Gasteiger partial charge is 0.175 e. The first kappa shape index (κ1) is 21.6. The van der Waals surface area contributed by atoms with Crippen molar-refractivity contribution >= 4 is 26.7 Å². The number of benzene rings is 2. The molecule has 0 amide bonds. The van der Waals surface area contributed by atoms with Crippen molar-refractivity contribution in [3.05, 3.63) is 66.4 Å². The number of fused-ring (bicyclic) bond motifs is 1. The lowest BCUT2D eigenvalue weighted by Gasteiger charge is -2.32. The van der Waals surface area contributed by atoms with Crippen LogP contribution in [0.5, 0.6) is 0 Å². The Hall–Kier alpha value is -3.26. The Morgan fingerprint density at radius 2 is 1.70 bits per heavy atom. The summed E-state index contributed by atoms with van der Waals surface area (Å²) in [6, 6.07) is 17.7. The summed E-state index contributed by atoms with van der Waals surface area (Å²) < 4.78 is 25.5. The van der Waals surface area contributed by atoms with Crippen LogP contribution in [0.1, 0.15) is 31.4 Å². The van der Waals surface area contributed by atoms with Crippen LogP contribution < -0.4 is 4.90 Å². The van der Waals surface area contributed by atoms with Crippen molar-refractivity contribution in [1.82, 2.24) is 20.0 Å². The standard InChI is InChI=1S/C25H27N5O2S/c1-3-18-4-11-25(26-17-18)29-14-12-21(13-15-29)30-24-10-7-20(16-23(24)27-28-30)19-5-8-22(9-6-19)33(2,31)32/h4-11,16-17,21H,3,12-15H2,1-2H3. The van der Waals surface area contributed by atoms with Gasteiger partial charge in [-0.1, -0.05) is 36.4 Å². The number of rotatable bonds is 5. The van der Waals surface area contributed by atoms with Crippen LogP contribution in [0.3, 0.4) is 0 Å². The highest BCUT2D eigenvalue weighted by molar-refractivity contribution is 7.90. The molecular formula is C25H27N5O2S. The van der Waals surface area contributed by atoms with Crippen LogP contribution in [0.15, 0.2) is 65.7 Å². The van der Waals surface area contributed by atoms with Gasteiger partial charge in [-0.05, 0) is 66.3 Å². The Bertz CT molecular complexity index is 1370. The molecule has 170 valence electrons. The molecule has 1 aliphatic rings. The van der Waals surface area contributed by atoms with Gasteiger partial charge >= 0.3 is 0 Å². The first-order valence-corrected chi connectivity index (χ1v) is 13.2. The lowest BCUT2D eigenvalue weighted by atomic mass is 10.0. The average molecular weight is 462 g/mol. The monoisotopic (exact) mass is 461 g/mol. The third kappa shape index (κ3) is 4.35. The number of hydrogen-bond acceptors (Lipinski definition) is 6. The van der Waals surface area contributed by atoms with Gasteiger partial charge in [-0.3, -0.25) is 0 Å². The van der Waals surface area contributed by atoms with E-state index in [-0.39, 0.29) is 0 Å². The predicted octanol–water partition coefficient (Wildman–Crippen LogP) is 4.30. The molecule has 33 heavy (non-hydrogen) atoms. The fraction of sp³-hybridized carbons (Fsp3) is 0.320. The van der Waals surface area contributed by atoms with Gasteiger partial charge in [-0.2, -0.15) is 0 Å². The summed E-state index contributed by atoms with van der Waals surface area (Å²) in [5.41, 5.74) is 5.07. The van der Waals surface area contributed by atoms with Crippen LogP contribution in [0.4, 0.5) is 5.82 Å². The Labute approximate surface area is 194 Å². The number of sulfone groups is 1. The number of nitrogens with zero attached hydrogens (tertiary/aromatic N) is 5. The SMILES string of the molecule is CCc1ccc(N2CCC(n3nnc4cc(-c5ccc(S(C)(=O)=O)cc5)ccc43)CC2)nc1. The minimum Gasteiger partial charge on any atom is -0.356 e. The largest absolute Gasteiger partial charge is 0.356 e. The summed E-state index contributed by atoms with van der Waals surface area (Å²) in [7, 11) is -3.20. The molecule has 0 aliphatic carbocycles. The maximum absolute atomic E-state index is 11.7. The van der Waals surface area contributed by atoms with Gasteiger partial charge in [0.05, 0.1) is 16.5 Å². The highest BCUT2D eigenvalue weighted by Crippen LogP contribution is 2.30. The van der Waals surface area contributed by atoms with Crippen LogP contribution in [0.25, 0.3) is 22.2 Å². The van der Waals surface area contributed by atoms with E-state index in [4.69, 9.17) is 0 Å². The van der Waals surface area contributed by atoms with E-state index in [0.717, 1.165) is 60.3 Å².